The molecule has 0 bridgehead atoms. The maximum Gasteiger partial charge on any atom is 0.193 e. The van der Waals surface area contributed by atoms with Crippen LogP contribution in [0.1, 0.15) is 44.6 Å². The molecule has 6 heteroatoms. The summed E-state index contributed by atoms with van der Waals surface area (Å²) in [6, 6.07) is 10.9. The summed E-state index contributed by atoms with van der Waals surface area (Å²) in [5.41, 5.74) is 1.46. The second-order valence-corrected chi connectivity index (χ2v) is 8.28. The van der Waals surface area contributed by atoms with E-state index in [0.29, 0.717) is 0 Å². The normalized spacial score (nSPS) is 19.8. The SMILES string of the molecule is CCNC(=NCCCN1CCC(O)CC1)N1CCC(Cc2ccccc2)CC1.I. The molecule has 3 rings (SSSR count). The molecule has 2 fully saturated rings. The molecule has 0 aromatic heterocycles. The largest absolute Gasteiger partial charge is 0.393 e. The number of aliphatic imine (C=N–C) groups is 1. The van der Waals surface area contributed by atoms with Gasteiger partial charge in [0.05, 0.1) is 6.10 Å². The van der Waals surface area contributed by atoms with Crippen LogP contribution >= 0.6 is 24.0 Å². The molecule has 29 heavy (non-hydrogen) atoms. The van der Waals surface area contributed by atoms with Crippen molar-refractivity contribution in [2.45, 2.75) is 51.6 Å². The van der Waals surface area contributed by atoms with Crippen LogP contribution in [0.2, 0.25) is 0 Å². The number of hydrogen-bond donors (Lipinski definition) is 2. The fraction of sp³-hybridized carbons (Fsp3) is 0.696. The van der Waals surface area contributed by atoms with Gasteiger partial charge < -0.3 is 20.2 Å². The number of likely N-dealkylation sites (tertiary alicyclic amines) is 2. The van der Waals surface area contributed by atoms with Gasteiger partial charge in [0.25, 0.3) is 0 Å². The van der Waals surface area contributed by atoms with Gasteiger partial charge in [-0.25, -0.2) is 0 Å². The molecule has 0 aliphatic carbocycles. The van der Waals surface area contributed by atoms with E-state index in [1.54, 1.807) is 0 Å². The van der Waals surface area contributed by atoms with Crippen LogP contribution in [0, 0.1) is 5.92 Å². The number of piperidine rings is 2. The van der Waals surface area contributed by atoms with Crippen molar-refractivity contribution in [1.82, 2.24) is 15.1 Å². The van der Waals surface area contributed by atoms with Crippen molar-refractivity contribution in [3.8, 4) is 0 Å². The molecule has 0 spiro atoms. The maximum atomic E-state index is 9.61. The molecule has 2 N–H and O–H groups in total. The van der Waals surface area contributed by atoms with E-state index >= 15 is 0 Å². The van der Waals surface area contributed by atoms with E-state index in [1.807, 2.05) is 0 Å². The number of hydrogen-bond acceptors (Lipinski definition) is 3. The van der Waals surface area contributed by atoms with Gasteiger partial charge in [0.2, 0.25) is 0 Å². The lowest BCUT2D eigenvalue weighted by Gasteiger charge is -2.34. The first-order valence-electron chi connectivity index (χ1n) is 11.2. The minimum atomic E-state index is -0.0838. The average molecular weight is 514 g/mol. The van der Waals surface area contributed by atoms with Crippen molar-refractivity contribution in [2.75, 3.05) is 45.8 Å². The van der Waals surface area contributed by atoms with E-state index < -0.39 is 0 Å². The summed E-state index contributed by atoms with van der Waals surface area (Å²) in [6.07, 6.45) is 6.54. The Morgan fingerprint density at radius 2 is 1.76 bits per heavy atom. The van der Waals surface area contributed by atoms with Gasteiger partial charge in [-0.2, -0.15) is 0 Å². The molecule has 0 radical (unpaired) electrons. The Morgan fingerprint density at radius 1 is 1.07 bits per heavy atom. The Bertz CT molecular complexity index is 582. The Balaban J connectivity index is 0.00000300. The van der Waals surface area contributed by atoms with Crippen LogP contribution < -0.4 is 5.32 Å². The number of benzene rings is 1. The summed E-state index contributed by atoms with van der Waals surface area (Å²) >= 11 is 0. The second-order valence-electron chi connectivity index (χ2n) is 8.28. The van der Waals surface area contributed by atoms with Crippen LogP contribution in [0.25, 0.3) is 0 Å². The molecule has 0 unspecified atom stereocenters. The zero-order valence-corrected chi connectivity index (χ0v) is 20.3. The monoisotopic (exact) mass is 514 g/mol. The second kappa shape index (κ2) is 13.4. The van der Waals surface area contributed by atoms with Crippen molar-refractivity contribution in [1.29, 1.82) is 0 Å². The Hall–Kier alpha value is -0.860. The number of aliphatic hydroxyl groups excluding tert-OH is 1. The average Bonchev–Trinajstić information content (AvgIpc) is 2.73. The first-order valence-corrected chi connectivity index (χ1v) is 11.2. The number of rotatable bonds is 7. The summed E-state index contributed by atoms with van der Waals surface area (Å²) in [6.45, 7) is 9.31. The standard InChI is InChI=1S/C23H38N4O.HI/c1-2-24-23(25-13-6-14-26-15-11-22(28)12-16-26)27-17-9-21(10-18-27)19-20-7-4-3-5-8-20;/h3-5,7-8,21-22,28H,2,6,9-19H2,1H3,(H,24,25);1H. The number of halogens is 1. The number of guanidine groups is 1. The molecule has 2 aliphatic heterocycles. The third-order valence-corrected chi connectivity index (χ3v) is 6.07. The minimum absolute atomic E-state index is 0. The van der Waals surface area contributed by atoms with E-state index in [2.05, 4.69) is 52.4 Å². The third-order valence-electron chi connectivity index (χ3n) is 6.07. The van der Waals surface area contributed by atoms with Gasteiger partial charge in [-0.15, -0.1) is 24.0 Å². The van der Waals surface area contributed by atoms with Gasteiger partial charge in [0, 0.05) is 39.3 Å². The highest BCUT2D eigenvalue weighted by Crippen LogP contribution is 2.21. The fourth-order valence-corrected chi connectivity index (χ4v) is 4.34. The van der Waals surface area contributed by atoms with Crippen molar-refractivity contribution < 1.29 is 5.11 Å². The predicted molar refractivity (Wildman–Crippen MR) is 132 cm³/mol. The lowest BCUT2D eigenvalue weighted by Crippen LogP contribution is -2.46. The van der Waals surface area contributed by atoms with Crippen LogP contribution in [0.3, 0.4) is 0 Å². The van der Waals surface area contributed by atoms with Crippen LogP contribution in [-0.4, -0.2) is 72.8 Å². The molecule has 5 nitrogen and oxygen atoms in total. The Kier molecular flexibility index (Phi) is 11.3. The van der Waals surface area contributed by atoms with Crippen LogP contribution in [0.5, 0.6) is 0 Å². The molecule has 1 aromatic rings. The molecule has 2 saturated heterocycles. The van der Waals surface area contributed by atoms with Gasteiger partial charge in [-0.1, -0.05) is 30.3 Å². The summed E-state index contributed by atoms with van der Waals surface area (Å²) in [4.78, 5) is 9.81. The predicted octanol–water partition coefficient (Wildman–Crippen LogP) is 3.37. The van der Waals surface area contributed by atoms with Gasteiger partial charge in [-0.3, -0.25) is 4.99 Å². The molecule has 2 aliphatic rings. The molecule has 0 saturated carbocycles. The van der Waals surface area contributed by atoms with Crippen molar-refractivity contribution in [3.63, 3.8) is 0 Å². The van der Waals surface area contributed by atoms with E-state index in [-0.39, 0.29) is 30.1 Å². The van der Waals surface area contributed by atoms with Crippen molar-refractivity contribution in [2.24, 2.45) is 10.9 Å². The topological polar surface area (TPSA) is 51.1 Å². The zero-order chi connectivity index (χ0) is 19.6. The van der Waals surface area contributed by atoms with Crippen LogP contribution in [0.4, 0.5) is 0 Å². The van der Waals surface area contributed by atoms with Gasteiger partial charge in [-0.05, 0) is 63.5 Å². The molecule has 2 heterocycles. The van der Waals surface area contributed by atoms with Crippen molar-refractivity contribution >= 4 is 29.9 Å². The lowest BCUT2D eigenvalue weighted by molar-refractivity contribution is 0.0824. The minimum Gasteiger partial charge on any atom is -0.393 e. The first kappa shape index (κ1) is 24.4. The molecule has 0 atom stereocenters. The summed E-state index contributed by atoms with van der Waals surface area (Å²) in [5.74, 6) is 1.88. The van der Waals surface area contributed by atoms with Gasteiger partial charge >= 0.3 is 0 Å². The third kappa shape index (κ3) is 8.42. The highest BCUT2D eigenvalue weighted by Gasteiger charge is 2.21. The van der Waals surface area contributed by atoms with Gasteiger partial charge in [0.15, 0.2) is 5.96 Å². The van der Waals surface area contributed by atoms with E-state index in [0.717, 1.165) is 77.0 Å². The summed E-state index contributed by atoms with van der Waals surface area (Å²) in [7, 11) is 0. The number of nitrogens with zero attached hydrogens (tertiary/aromatic N) is 3. The van der Waals surface area contributed by atoms with Crippen LogP contribution in [0.15, 0.2) is 35.3 Å². The highest BCUT2D eigenvalue weighted by molar-refractivity contribution is 14.0. The van der Waals surface area contributed by atoms with E-state index in [9.17, 15) is 5.11 Å². The maximum absolute atomic E-state index is 9.61. The summed E-state index contributed by atoms with van der Waals surface area (Å²) < 4.78 is 0. The Labute approximate surface area is 194 Å². The lowest BCUT2D eigenvalue weighted by atomic mass is 9.90. The molecule has 164 valence electrons. The van der Waals surface area contributed by atoms with E-state index in [1.165, 1.54) is 24.8 Å². The Morgan fingerprint density at radius 3 is 2.41 bits per heavy atom. The molecule has 1 aromatic carbocycles. The molecular formula is C23H39IN4O. The van der Waals surface area contributed by atoms with Gasteiger partial charge in [0.1, 0.15) is 0 Å². The number of aliphatic hydroxyl groups is 1. The first-order chi connectivity index (χ1) is 13.7. The molecule has 0 amide bonds. The van der Waals surface area contributed by atoms with Crippen LogP contribution in [-0.2, 0) is 6.42 Å². The zero-order valence-electron chi connectivity index (χ0n) is 17.9. The van der Waals surface area contributed by atoms with Crippen molar-refractivity contribution in [3.05, 3.63) is 35.9 Å². The number of nitrogens with one attached hydrogen (secondary N) is 1. The smallest absolute Gasteiger partial charge is 0.193 e. The molecular weight excluding hydrogens is 475 g/mol. The quantitative estimate of drug-likeness (QED) is 0.254. The fourth-order valence-electron chi connectivity index (χ4n) is 4.34. The summed E-state index contributed by atoms with van der Waals surface area (Å²) in [5, 5.41) is 13.1. The van der Waals surface area contributed by atoms with E-state index in [4.69, 9.17) is 4.99 Å². The highest BCUT2D eigenvalue weighted by atomic mass is 127.